The number of hydrogen-bond donors (Lipinski definition) is 2. The molecule has 6 rings (SSSR count). The maximum atomic E-state index is 15.5. The van der Waals surface area contributed by atoms with Crippen LogP contribution in [0.5, 0.6) is 11.5 Å². The number of pyridine rings is 1. The van der Waals surface area contributed by atoms with Crippen molar-refractivity contribution in [2.45, 2.75) is 26.7 Å². The van der Waals surface area contributed by atoms with E-state index in [4.69, 9.17) is 9.72 Å². The third-order valence-electron chi connectivity index (χ3n) is 7.18. The topological polar surface area (TPSA) is 137 Å². The van der Waals surface area contributed by atoms with Gasteiger partial charge in [0.25, 0.3) is 0 Å². The number of nitrogens with zero attached hydrogens (tertiary/aromatic N) is 7. The van der Waals surface area contributed by atoms with Gasteiger partial charge < -0.3 is 20.7 Å². The fraction of sp³-hybridized carbons (Fsp3) is 0.267. The van der Waals surface area contributed by atoms with Crippen LogP contribution in [-0.4, -0.2) is 48.9 Å². The lowest BCUT2D eigenvalue weighted by Gasteiger charge is -2.31. The zero-order valence-corrected chi connectivity index (χ0v) is 23.7. The van der Waals surface area contributed by atoms with Crippen molar-refractivity contribution in [2.75, 3.05) is 23.3 Å². The van der Waals surface area contributed by atoms with Crippen LogP contribution in [0.3, 0.4) is 0 Å². The Bertz CT molecular complexity index is 1760. The van der Waals surface area contributed by atoms with Crippen LogP contribution in [0.1, 0.15) is 25.3 Å². The highest BCUT2D eigenvalue weighted by molar-refractivity contribution is 5.88. The van der Waals surface area contributed by atoms with E-state index in [1.165, 1.54) is 6.33 Å². The summed E-state index contributed by atoms with van der Waals surface area (Å²) in [4.78, 5) is 25.3. The molecular formula is C30H32FN9O2. The molecule has 0 spiro atoms. The Morgan fingerprint density at radius 2 is 1.90 bits per heavy atom. The first-order chi connectivity index (χ1) is 20.2. The summed E-state index contributed by atoms with van der Waals surface area (Å²) in [6.45, 7) is 8.99. The molecule has 1 saturated heterocycles. The van der Waals surface area contributed by atoms with Crippen molar-refractivity contribution in [1.82, 2.24) is 29.9 Å². The van der Waals surface area contributed by atoms with Gasteiger partial charge in [-0.1, -0.05) is 18.7 Å². The minimum absolute atomic E-state index is 0.285. The van der Waals surface area contributed by atoms with Crippen LogP contribution >= 0.6 is 0 Å². The molecule has 0 atom stereocenters. The molecule has 0 radical (unpaired) electrons. The van der Waals surface area contributed by atoms with Crippen LogP contribution in [-0.2, 0) is 11.8 Å². The third-order valence-corrected chi connectivity index (χ3v) is 7.18. The molecule has 42 heavy (non-hydrogen) atoms. The number of rotatable bonds is 6. The van der Waals surface area contributed by atoms with Crippen molar-refractivity contribution in [3.05, 3.63) is 72.8 Å². The van der Waals surface area contributed by atoms with Gasteiger partial charge in [0.05, 0.1) is 16.7 Å². The predicted molar refractivity (Wildman–Crippen MR) is 160 cm³/mol. The Morgan fingerprint density at radius 3 is 2.64 bits per heavy atom. The van der Waals surface area contributed by atoms with Crippen molar-refractivity contribution in [2.24, 2.45) is 18.7 Å². The first-order valence-electron chi connectivity index (χ1n) is 13.6. The predicted octanol–water partition coefficient (Wildman–Crippen LogP) is 5.18. The molecule has 4 heterocycles. The molecule has 11 nitrogen and oxygen atoms in total. The number of nitrogens with one attached hydrogen (secondary N) is 1. The number of halogens is 1. The van der Waals surface area contributed by atoms with Gasteiger partial charge in [-0.05, 0) is 68.2 Å². The normalized spacial score (nSPS) is 13.5. The monoisotopic (exact) mass is 569 g/mol. The summed E-state index contributed by atoms with van der Waals surface area (Å²) in [7, 11) is 1.83. The fourth-order valence-corrected chi connectivity index (χ4v) is 4.65. The summed E-state index contributed by atoms with van der Waals surface area (Å²) in [5.74, 6) is 2.14. The summed E-state index contributed by atoms with van der Waals surface area (Å²) in [5.41, 5.74) is 8.09. The molecule has 216 valence electrons. The van der Waals surface area contributed by atoms with E-state index in [0.717, 1.165) is 49.3 Å². The lowest BCUT2D eigenvalue weighted by molar-refractivity contribution is -0.113. The van der Waals surface area contributed by atoms with Gasteiger partial charge in [0.2, 0.25) is 5.91 Å². The van der Waals surface area contributed by atoms with E-state index in [1.807, 2.05) is 31.3 Å². The van der Waals surface area contributed by atoms with Crippen molar-refractivity contribution in [3.63, 3.8) is 0 Å². The smallest absolute Gasteiger partial charge is 0.240 e. The summed E-state index contributed by atoms with van der Waals surface area (Å²) >= 11 is 0. The first kappa shape index (κ1) is 28.4. The fourth-order valence-electron chi connectivity index (χ4n) is 4.65. The Kier molecular flexibility index (Phi) is 8.23. The summed E-state index contributed by atoms with van der Waals surface area (Å²) < 4.78 is 23.1. The lowest BCUT2D eigenvalue weighted by Crippen LogP contribution is -2.33. The van der Waals surface area contributed by atoms with Crippen LogP contribution in [0, 0.1) is 18.7 Å². The van der Waals surface area contributed by atoms with Crippen LogP contribution in [0.4, 0.5) is 21.7 Å². The molecule has 1 aliphatic heterocycles. The molecule has 1 aliphatic rings. The SMILES string of the molecule is C=CC(N)=O.Cc1c(Oc2ccc3c(c2)nnn3C)ccc(Nc2ncnc3ccc(N4CCC(C)CC4)nc23)c1F. The average Bonchev–Trinajstić information content (AvgIpc) is 3.37. The molecule has 0 saturated carbocycles. The van der Waals surface area contributed by atoms with Crippen LogP contribution in [0.2, 0.25) is 0 Å². The Hall–Kier alpha value is -5.13. The Labute approximate surface area is 242 Å². The second-order valence-electron chi connectivity index (χ2n) is 10.2. The lowest BCUT2D eigenvalue weighted by atomic mass is 9.99. The number of carbonyl (C=O) groups excluding carboxylic acids is 1. The maximum absolute atomic E-state index is 15.5. The van der Waals surface area contributed by atoms with Crippen LogP contribution in [0.25, 0.3) is 22.1 Å². The minimum atomic E-state index is -0.481. The summed E-state index contributed by atoms with van der Waals surface area (Å²) in [6, 6.07) is 12.8. The molecule has 3 N–H and O–H groups in total. The number of aromatic nitrogens is 6. The number of amides is 1. The number of nitrogens with two attached hydrogens (primary N) is 1. The van der Waals surface area contributed by atoms with Gasteiger partial charge in [0, 0.05) is 31.8 Å². The highest BCUT2D eigenvalue weighted by atomic mass is 19.1. The highest BCUT2D eigenvalue weighted by Gasteiger charge is 2.19. The van der Waals surface area contributed by atoms with Gasteiger partial charge in [-0.25, -0.2) is 24.0 Å². The highest BCUT2D eigenvalue weighted by Crippen LogP contribution is 2.34. The summed E-state index contributed by atoms with van der Waals surface area (Å²) in [6.07, 6.45) is 4.79. The second-order valence-corrected chi connectivity index (χ2v) is 10.2. The summed E-state index contributed by atoms with van der Waals surface area (Å²) in [5, 5.41) is 11.2. The van der Waals surface area contributed by atoms with E-state index in [1.54, 1.807) is 29.8 Å². The van der Waals surface area contributed by atoms with E-state index >= 15 is 4.39 Å². The molecular weight excluding hydrogens is 537 g/mol. The average molecular weight is 570 g/mol. The number of carbonyl (C=O) groups is 1. The van der Waals surface area contributed by atoms with Crippen molar-refractivity contribution in [1.29, 1.82) is 0 Å². The van der Waals surface area contributed by atoms with E-state index in [2.05, 4.69) is 49.7 Å². The van der Waals surface area contributed by atoms with Gasteiger partial charge in [-0.2, -0.15) is 0 Å². The van der Waals surface area contributed by atoms with Crippen molar-refractivity contribution in [3.8, 4) is 11.5 Å². The number of piperidine rings is 1. The number of hydrogen-bond acceptors (Lipinski definition) is 9. The van der Waals surface area contributed by atoms with E-state index in [0.29, 0.717) is 39.4 Å². The molecule has 0 unspecified atom stereocenters. The number of anilines is 3. The van der Waals surface area contributed by atoms with Gasteiger partial charge >= 0.3 is 0 Å². The van der Waals surface area contributed by atoms with Crippen LogP contribution < -0.4 is 20.7 Å². The van der Waals surface area contributed by atoms with Gasteiger partial charge in [0.15, 0.2) is 11.6 Å². The maximum Gasteiger partial charge on any atom is 0.240 e. The van der Waals surface area contributed by atoms with E-state index < -0.39 is 11.7 Å². The largest absolute Gasteiger partial charge is 0.457 e. The molecule has 1 amide bonds. The standard InChI is InChI=1S/C27H27FN8O.C3H5NO/c1-16-10-12-36(13-11-16)24-9-6-20-26(32-24)27(30-15-29-20)31-19-5-8-23(17(2)25(19)28)37-18-4-7-22-21(14-18)33-34-35(22)3;1-2-3(4)5/h4-9,14-16H,10-13H2,1-3H3,(H,29,30,31);2H,1H2,(H2,4,5). The molecule has 12 heteroatoms. The van der Waals surface area contributed by atoms with Crippen molar-refractivity contribution < 1.29 is 13.9 Å². The number of ether oxygens (including phenoxy) is 1. The number of aryl methyl sites for hydroxylation is 1. The van der Waals surface area contributed by atoms with Gasteiger partial charge in [0.1, 0.15) is 34.7 Å². The van der Waals surface area contributed by atoms with Crippen molar-refractivity contribution >= 4 is 45.3 Å². The van der Waals surface area contributed by atoms with E-state index in [9.17, 15) is 4.79 Å². The number of primary amides is 1. The molecule has 2 aromatic carbocycles. The van der Waals surface area contributed by atoms with Gasteiger partial charge in [-0.15, -0.1) is 5.10 Å². The molecule has 3 aromatic heterocycles. The van der Waals surface area contributed by atoms with E-state index in [-0.39, 0.29) is 5.69 Å². The zero-order chi connectivity index (χ0) is 29.8. The zero-order valence-electron chi connectivity index (χ0n) is 23.7. The molecule has 0 aliphatic carbocycles. The van der Waals surface area contributed by atoms with Crippen LogP contribution in [0.15, 0.2) is 61.4 Å². The quantitative estimate of drug-likeness (QED) is 0.265. The third kappa shape index (κ3) is 6.12. The number of benzene rings is 2. The minimum Gasteiger partial charge on any atom is -0.457 e. The second kappa shape index (κ2) is 12.2. The Morgan fingerprint density at radius 1 is 1.14 bits per heavy atom. The molecule has 1 fully saturated rings. The number of fused-ring (bicyclic) bond motifs is 2. The molecule has 0 bridgehead atoms. The Balaban J connectivity index is 0.000000652. The first-order valence-corrected chi connectivity index (χ1v) is 13.6. The molecule has 5 aromatic rings. The van der Waals surface area contributed by atoms with Gasteiger partial charge in [-0.3, -0.25) is 4.79 Å².